The standard InChI is InChI=1S/C33H33N5O3/c1-4-27-26-22-37(33(39)34-28-17-9-10-19-30(28)41-5-2)31(23-13-11-16-25(21-23)40-3)29-18-12-20-36(29)32(26)38(35-27)24-14-7-6-8-15-24/h6-21,31H,4-5,22H2,1-3H3,(H,34,39)/t31-/m0/s1. The van der Waals surface area contributed by atoms with Gasteiger partial charge in [-0.2, -0.15) is 5.10 Å². The van der Waals surface area contributed by atoms with Crippen LogP contribution in [0.2, 0.25) is 0 Å². The Bertz CT molecular complexity index is 1670. The van der Waals surface area contributed by atoms with Gasteiger partial charge < -0.3 is 24.3 Å². The fraction of sp³-hybridized carbons (Fsp3) is 0.212. The van der Waals surface area contributed by atoms with Crippen LogP contribution in [-0.2, 0) is 13.0 Å². The van der Waals surface area contributed by atoms with Crippen LogP contribution in [0.25, 0.3) is 11.5 Å². The van der Waals surface area contributed by atoms with Crippen LogP contribution in [0.15, 0.2) is 97.2 Å². The number of nitrogens with zero attached hydrogens (tertiary/aromatic N) is 4. The molecular weight excluding hydrogens is 514 g/mol. The SMILES string of the molecule is CCOc1ccccc1NC(=O)N1Cc2c(CC)nn(-c3ccccc3)c2-n2cccc2[C@@H]1c1cccc(OC)c1. The summed E-state index contributed by atoms with van der Waals surface area (Å²) in [5.41, 5.74) is 5.43. The molecule has 3 aromatic carbocycles. The second kappa shape index (κ2) is 11.3. The number of fused-ring (bicyclic) bond motifs is 3. The topological polar surface area (TPSA) is 73.5 Å². The third-order valence-corrected chi connectivity index (χ3v) is 7.40. The molecule has 0 aliphatic carbocycles. The number of amides is 2. The van der Waals surface area contributed by atoms with Gasteiger partial charge in [-0.05, 0) is 67.4 Å². The van der Waals surface area contributed by atoms with E-state index in [1.807, 2.05) is 95.5 Å². The van der Waals surface area contributed by atoms with Crippen molar-refractivity contribution in [1.29, 1.82) is 0 Å². The molecule has 1 aliphatic heterocycles. The van der Waals surface area contributed by atoms with Gasteiger partial charge in [0.05, 0.1) is 49.1 Å². The van der Waals surface area contributed by atoms with E-state index in [1.54, 1.807) is 7.11 Å². The van der Waals surface area contributed by atoms with Crippen molar-refractivity contribution in [2.75, 3.05) is 19.0 Å². The van der Waals surface area contributed by atoms with E-state index in [4.69, 9.17) is 14.6 Å². The Morgan fingerprint density at radius 2 is 1.78 bits per heavy atom. The van der Waals surface area contributed by atoms with Crippen molar-refractivity contribution in [3.05, 3.63) is 120 Å². The molecule has 1 N–H and O–H groups in total. The van der Waals surface area contributed by atoms with E-state index in [2.05, 4.69) is 35.0 Å². The van der Waals surface area contributed by atoms with Gasteiger partial charge in [-0.1, -0.05) is 49.4 Å². The molecule has 2 amide bonds. The van der Waals surface area contributed by atoms with Crippen LogP contribution in [0.5, 0.6) is 11.5 Å². The molecule has 0 spiro atoms. The molecule has 8 heteroatoms. The zero-order valence-electron chi connectivity index (χ0n) is 23.4. The Hall–Kier alpha value is -4.98. The van der Waals surface area contributed by atoms with Crippen molar-refractivity contribution < 1.29 is 14.3 Å². The minimum atomic E-state index is -0.402. The van der Waals surface area contributed by atoms with Crippen molar-refractivity contribution in [1.82, 2.24) is 19.2 Å². The third kappa shape index (κ3) is 4.82. The average molecular weight is 548 g/mol. The first-order chi connectivity index (χ1) is 20.1. The van der Waals surface area contributed by atoms with E-state index >= 15 is 0 Å². The van der Waals surface area contributed by atoms with Gasteiger partial charge in [0.1, 0.15) is 17.3 Å². The first kappa shape index (κ1) is 26.3. The lowest BCUT2D eigenvalue weighted by Crippen LogP contribution is -2.38. The van der Waals surface area contributed by atoms with E-state index < -0.39 is 6.04 Å². The number of anilines is 1. The highest BCUT2D eigenvalue weighted by molar-refractivity contribution is 5.91. The number of para-hydroxylation sites is 3. The summed E-state index contributed by atoms with van der Waals surface area (Å²) in [7, 11) is 1.65. The largest absolute Gasteiger partial charge is 0.497 e. The van der Waals surface area contributed by atoms with Gasteiger partial charge in [-0.15, -0.1) is 0 Å². The lowest BCUT2D eigenvalue weighted by molar-refractivity contribution is 0.194. The molecule has 0 unspecified atom stereocenters. The molecule has 1 aliphatic rings. The fourth-order valence-corrected chi connectivity index (χ4v) is 5.55. The quantitative estimate of drug-likeness (QED) is 0.244. The maximum Gasteiger partial charge on any atom is 0.323 e. The summed E-state index contributed by atoms with van der Waals surface area (Å²) < 4.78 is 15.6. The van der Waals surface area contributed by atoms with Gasteiger partial charge in [0.2, 0.25) is 0 Å². The molecule has 0 bridgehead atoms. The maximum absolute atomic E-state index is 14.3. The number of benzene rings is 3. The number of aryl methyl sites for hydroxylation is 1. The van der Waals surface area contributed by atoms with Crippen LogP contribution in [0, 0.1) is 0 Å². The Kier molecular flexibility index (Phi) is 7.20. The Morgan fingerprint density at radius 1 is 0.976 bits per heavy atom. The van der Waals surface area contributed by atoms with E-state index in [0.29, 0.717) is 24.6 Å². The number of aromatic nitrogens is 3. The maximum atomic E-state index is 14.3. The molecule has 0 saturated carbocycles. The second-order valence-electron chi connectivity index (χ2n) is 9.82. The molecule has 0 radical (unpaired) electrons. The number of ether oxygens (including phenoxy) is 2. The number of carbonyl (C=O) groups is 1. The van der Waals surface area contributed by atoms with Gasteiger partial charge in [-0.25, -0.2) is 9.48 Å². The predicted molar refractivity (Wildman–Crippen MR) is 159 cm³/mol. The Labute approximate surface area is 239 Å². The molecule has 8 nitrogen and oxygen atoms in total. The highest BCUT2D eigenvalue weighted by Crippen LogP contribution is 2.40. The fourth-order valence-electron chi connectivity index (χ4n) is 5.55. The van der Waals surface area contributed by atoms with Crippen molar-refractivity contribution in [2.45, 2.75) is 32.9 Å². The lowest BCUT2D eigenvalue weighted by atomic mass is 10.0. The number of rotatable bonds is 7. The second-order valence-corrected chi connectivity index (χ2v) is 9.82. The summed E-state index contributed by atoms with van der Waals surface area (Å²) >= 11 is 0. The van der Waals surface area contributed by atoms with E-state index in [9.17, 15) is 4.79 Å². The number of hydrogen-bond acceptors (Lipinski definition) is 4. The van der Waals surface area contributed by atoms with Gasteiger partial charge in [0.15, 0.2) is 0 Å². The summed E-state index contributed by atoms with van der Waals surface area (Å²) in [4.78, 5) is 16.2. The molecule has 3 heterocycles. The monoisotopic (exact) mass is 547 g/mol. The van der Waals surface area contributed by atoms with Crippen LogP contribution in [0.1, 0.15) is 42.4 Å². The highest BCUT2D eigenvalue weighted by atomic mass is 16.5. The Morgan fingerprint density at radius 3 is 2.56 bits per heavy atom. The molecule has 2 aromatic heterocycles. The van der Waals surface area contributed by atoms with E-state index in [1.165, 1.54) is 0 Å². The molecule has 5 aromatic rings. The summed E-state index contributed by atoms with van der Waals surface area (Å²) in [6, 6.07) is 29.0. The van der Waals surface area contributed by atoms with Crippen LogP contribution >= 0.6 is 0 Å². The van der Waals surface area contributed by atoms with Crippen molar-refractivity contribution in [3.8, 4) is 23.0 Å². The van der Waals surface area contributed by atoms with Crippen molar-refractivity contribution >= 4 is 11.7 Å². The zero-order chi connectivity index (χ0) is 28.3. The molecule has 1 atom stereocenters. The van der Waals surface area contributed by atoms with Crippen molar-refractivity contribution in [3.63, 3.8) is 0 Å². The predicted octanol–water partition coefficient (Wildman–Crippen LogP) is 6.77. The minimum absolute atomic E-state index is 0.236. The zero-order valence-corrected chi connectivity index (χ0v) is 23.4. The van der Waals surface area contributed by atoms with Gasteiger partial charge >= 0.3 is 6.03 Å². The molecule has 6 rings (SSSR count). The summed E-state index contributed by atoms with van der Waals surface area (Å²) in [5, 5.41) is 8.18. The molecule has 0 saturated heterocycles. The third-order valence-electron chi connectivity index (χ3n) is 7.40. The van der Waals surface area contributed by atoms with Crippen LogP contribution in [0.3, 0.4) is 0 Å². The number of nitrogens with one attached hydrogen (secondary N) is 1. The number of methoxy groups -OCH3 is 1. The number of hydrogen-bond donors (Lipinski definition) is 1. The summed E-state index contributed by atoms with van der Waals surface area (Å²) in [6.07, 6.45) is 2.78. The molecule has 0 fully saturated rings. The van der Waals surface area contributed by atoms with Crippen LogP contribution in [0.4, 0.5) is 10.5 Å². The van der Waals surface area contributed by atoms with Crippen LogP contribution < -0.4 is 14.8 Å². The normalized spacial score (nSPS) is 14.1. The Balaban J connectivity index is 1.54. The van der Waals surface area contributed by atoms with Gasteiger partial charge in [0, 0.05) is 11.8 Å². The first-order valence-electron chi connectivity index (χ1n) is 13.9. The smallest absolute Gasteiger partial charge is 0.323 e. The number of urea groups is 1. The molecule has 41 heavy (non-hydrogen) atoms. The average Bonchev–Trinajstić information content (AvgIpc) is 3.59. The first-order valence-corrected chi connectivity index (χ1v) is 13.9. The minimum Gasteiger partial charge on any atom is -0.497 e. The van der Waals surface area contributed by atoms with Crippen molar-refractivity contribution in [2.24, 2.45) is 0 Å². The summed E-state index contributed by atoms with van der Waals surface area (Å²) in [6.45, 7) is 4.89. The lowest BCUT2D eigenvalue weighted by Gasteiger charge is -2.31. The van der Waals surface area contributed by atoms with E-state index in [0.717, 1.165) is 46.2 Å². The highest BCUT2D eigenvalue weighted by Gasteiger charge is 2.36. The van der Waals surface area contributed by atoms with E-state index in [-0.39, 0.29) is 6.03 Å². The van der Waals surface area contributed by atoms with Gasteiger partial charge in [0.25, 0.3) is 0 Å². The van der Waals surface area contributed by atoms with Crippen LogP contribution in [-0.4, -0.2) is 39.0 Å². The summed E-state index contributed by atoms with van der Waals surface area (Å²) in [5.74, 6) is 2.30. The van der Waals surface area contributed by atoms with Gasteiger partial charge in [-0.3, -0.25) is 0 Å². The molecular formula is C33H33N5O3. The molecule has 208 valence electrons. The number of carbonyl (C=O) groups excluding carboxylic acids is 1.